The van der Waals surface area contributed by atoms with Crippen LogP contribution in [-0.2, 0) is 0 Å². The lowest BCUT2D eigenvalue weighted by molar-refractivity contribution is 0.153. The van der Waals surface area contributed by atoms with Gasteiger partial charge in [-0.25, -0.2) is 0 Å². The molecule has 0 aliphatic carbocycles. The Hall–Kier alpha value is -0.340. The zero-order valence-electron chi connectivity index (χ0n) is 6.64. The maximum absolute atomic E-state index is 5.61. The van der Waals surface area contributed by atoms with Gasteiger partial charge in [0.05, 0.1) is 0 Å². The molecule has 58 valence electrons. The van der Waals surface area contributed by atoms with E-state index >= 15 is 0 Å². The van der Waals surface area contributed by atoms with E-state index in [9.17, 15) is 0 Å². The molecule has 1 aliphatic rings. The van der Waals surface area contributed by atoms with Crippen LogP contribution in [0.3, 0.4) is 0 Å². The van der Waals surface area contributed by atoms with Crippen LogP contribution < -0.4 is 5.73 Å². The summed E-state index contributed by atoms with van der Waals surface area (Å²) in [4.78, 5) is 2.36. The van der Waals surface area contributed by atoms with Crippen molar-refractivity contribution in [1.29, 1.82) is 0 Å². The Labute approximate surface area is 62.7 Å². The molecule has 0 atom stereocenters. The molecule has 0 aromatic heterocycles. The Kier molecular flexibility index (Phi) is 2.46. The monoisotopic (exact) mass is 140 g/mol. The zero-order chi connectivity index (χ0) is 7.56. The summed E-state index contributed by atoms with van der Waals surface area (Å²) in [5.41, 5.74) is 6.88. The SMILES string of the molecule is C=C(C)CCN1CC(N)C1. The van der Waals surface area contributed by atoms with E-state index in [4.69, 9.17) is 5.73 Å². The molecule has 2 heteroatoms. The van der Waals surface area contributed by atoms with Crippen molar-refractivity contribution in [3.63, 3.8) is 0 Å². The topological polar surface area (TPSA) is 29.3 Å². The Balaban J connectivity index is 2.00. The molecule has 0 bridgehead atoms. The van der Waals surface area contributed by atoms with Gasteiger partial charge in [0.15, 0.2) is 0 Å². The highest BCUT2D eigenvalue weighted by molar-refractivity contribution is 4.91. The van der Waals surface area contributed by atoms with E-state index in [1.165, 1.54) is 5.57 Å². The van der Waals surface area contributed by atoms with Crippen LogP contribution in [0.5, 0.6) is 0 Å². The van der Waals surface area contributed by atoms with Crippen molar-refractivity contribution in [3.8, 4) is 0 Å². The highest BCUT2D eigenvalue weighted by Crippen LogP contribution is 2.07. The quantitative estimate of drug-likeness (QED) is 0.581. The third kappa shape index (κ3) is 2.12. The van der Waals surface area contributed by atoms with Gasteiger partial charge in [-0.1, -0.05) is 5.57 Å². The van der Waals surface area contributed by atoms with Gasteiger partial charge in [-0.2, -0.15) is 0 Å². The van der Waals surface area contributed by atoms with Crippen molar-refractivity contribution in [2.45, 2.75) is 19.4 Å². The molecule has 1 fully saturated rings. The molecule has 1 aliphatic heterocycles. The largest absolute Gasteiger partial charge is 0.325 e. The summed E-state index contributed by atoms with van der Waals surface area (Å²) in [6, 6.07) is 0.435. The van der Waals surface area contributed by atoms with Gasteiger partial charge < -0.3 is 5.73 Å². The lowest BCUT2D eigenvalue weighted by atomic mass is 10.1. The lowest BCUT2D eigenvalue weighted by Crippen LogP contribution is -2.55. The molecular formula is C8H16N2. The van der Waals surface area contributed by atoms with Crippen molar-refractivity contribution in [1.82, 2.24) is 4.90 Å². The smallest absolute Gasteiger partial charge is 0.0297 e. The summed E-state index contributed by atoms with van der Waals surface area (Å²) < 4.78 is 0. The van der Waals surface area contributed by atoms with E-state index < -0.39 is 0 Å². The number of likely N-dealkylation sites (tertiary alicyclic amines) is 1. The van der Waals surface area contributed by atoms with Gasteiger partial charge in [0.1, 0.15) is 0 Å². The fraction of sp³-hybridized carbons (Fsp3) is 0.750. The van der Waals surface area contributed by atoms with Crippen LogP contribution in [0, 0.1) is 0 Å². The predicted octanol–water partition coefficient (Wildman–Crippen LogP) is 0.596. The number of hydrogen-bond acceptors (Lipinski definition) is 2. The normalized spacial score (nSPS) is 20.6. The molecule has 0 spiro atoms. The maximum atomic E-state index is 5.61. The van der Waals surface area contributed by atoms with Crippen LogP contribution in [0.15, 0.2) is 12.2 Å². The van der Waals surface area contributed by atoms with Crippen molar-refractivity contribution >= 4 is 0 Å². The first-order valence-corrected chi connectivity index (χ1v) is 3.81. The van der Waals surface area contributed by atoms with E-state index in [-0.39, 0.29) is 0 Å². The number of hydrogen-bond donors (Lipinski definition) is 1. The first kappa shape index (κ1) is 7.76. The molecule has 0 unspecified atom stereocenters. The summed E-state index contributed by atoms with van der Waals surface area (Å²) in [5, 5.41) is 0. The molecule has 0 radical (unpaired) electrons. The summed E-state index contributed by atoms with van der Waals surface area (Å²) in [6.45, 7) is 9.21. The summed E-state index contributed by atoms with van der Waals surface area (Å²) in [5.74, 6) is 0. The number of nitrogens with two attached hydrogens (primary N) is 1. The molecule has 0 saturated carbocycles. The van der Waals surface area contributed by atoms with E-state index in [0.29, 0.717) is 6.04 Å². The second-order valence-electron chi connectivity index (χ2n) is 3.23. The molecule has 10 heavy (non-hydrogen) atoms. The van der Waals surface area contributed by atoms with E-state index in [2.05, 4.69) is 18.4 Å². The van der Waals surface area contributed by atoms with Crippen LogP contribution in [-0.4, -0.2) is 30.6 Å². The fourth-order valence-corrected chi connectivity index (χ4v) is 1.14. The van der Waals surface area contributed by atoms with E-state index in [1.807, 2.05) is 0 Å². The minimum Gasteiger partial charge on any atom is -0.325 e. The average Bonchev–Trinajstić information content (AvgIpc) is 1.77. The van der Waals surface area contributed by atoms with Crippen LogP contribution in [0.4, 0.5) is 0 Å². The maximum Gasteiger partial charge on any atom is 0.0297 e. The van der Waals surface area contributed by atoms with Gasteiger partial charge in [-0.3, -0.25) is 4.90 Å². The molecule has 2 nitrogen and oxygen atoms in total. The summed E-state index contributed by atoms with van der Waals surface area (Å²) in [7, 11) is 0. The van der Waals surface area contributed by atoms with Crippen LogP contribution in [0.1, 0.15) is 13.3 Å². The molecule has 1 heterocycles. The van der Waals surface area contributed by atoms with Crippen molar-refractivity contribution in [2.24, 2.45) is 5.73 Å². The van der Waals surface area contributed by atoms with Gasteiger partial charge in [0.25, 0.3) is 0 Å². The third-order valence-electron chi connectivity index (χ3n) is 1.84. The molecular weight excluding hydrogens is 124 g/mol. The standard InChI is InChI=1S/C8H16N2/c1-7(2)3-4-10-5-8(9)6-10/h8H,1,3-6,9H2,2H3. The minimum absolute atomic E-state index is 0.435. The highest BCUT2D eigenvalue weighted by Gasteiger charge is 2.21. The van der Waals surface area contributed by atoms with Gasteiger partial charge >= 0.3 is 0 Å². The van der Waals surface area contributed by atoms with Crippen molar-refractivity contribution in [3.05, 3.63) is 12.2 Å². The first-order chi connectivity index (χ1) is 4.68. The second-order valence-corrected chi connectivity index (χ2v) is 3.23. The van der Waals surface area contributed by atoms with Gasteiger partial charge in [-0.05, 0) is 13.3 Å². The third-order valence-corrected chi connectivity index (χ3v) is 1.84. The number of rotatable bonds is 3. The molecule has 1 saturated heterocycles. The summed E-state index contributed by atoms with van der Waals surface area (Å²) in [6.07, 6.45) is 1.12. The number of nitrogens with zero attached hydrogens (tertiary/aromatic N) is 1. The van der Waals surface area contributed by atoms with Gasteiger partial charge in [0, 0.05) is 25.7 Å². The Morgan fingerprint density at radius 1 is 1.70 bits per heavy atom. The highest BCUT2D eigenvalue weighted by atomic mass is 15.2. The Morgan fingerprint density at radius 3 is 2.70 bits per heavy atom. The first-order valence-electron chi connectivity index (χ1n) is 3.81. The molecule has 0 amide bonds. The predicted molar refractivity (Wildman–Crippen MR) is 43.8 cm³/mol. The van der Waals surface area contributed by atoms with Gasteiger partial charge in [0.2, 0.25) is 0 Å². The molecule has 2 N–H and O–H groups in total. The van der Waals surface area contributed by atoms with Crippen molar-refractivity contribution < 1.29 is 0 Å². The van der Waals surface area contributed by atoms with Crippen LogP contribution in [0.25, 0.3) is 0 Å². The van der Waals surface area contributed by atoms with Crippen LogP contribution >= 0.6 is 0 Å². The lowest BCUT2D eigenvalue weighted by Gasteiger charge is -2.36. The Morgan fingerprint density at radius 2 is 2.30 bits per heavy atom. The molecule has 1 rings (SSSR count). The molecule has 0 aromatic carbocycles. The van der Waals surface area contributed by atoms with E-state index in [1.54, 1.807) is 0 Å². The van der Waals surface area contributed by atoms with Crippen molar-refractivity contribution in [2.75, 3.05) is 19.6 Å². The average molecular weight is 140 g/mol. The second kappa shape index (κ2) is 3.17. The Bertz CT molecular complexity index is 125. The van der Waals surface area contributed by atoms with E-state index in [0.717, 1.165) is 26.1 Å². The minimum atomic E-state index is 0.435. The summed E-state index contributed by atoms with van der Waals surface area (Å²) >= 11 is 0. The van der Waals surface area contributed by atoms with Gasteiger partial charge in [-0.15, -0.1) is 6.58 Å². The zero-order valence-corrected chi connectivity index (χ0v) is 6.64. The molecule has 0 aromatic rings. The fourth-order valence-electron chi connectivity index (χ4n) is 1.14. The van der Waals surface area contributed by atoms with Crippen LogP contribution in [0.2, 0.25) is 0 Å².